The molecule has 1 aliphatic heterocycles. The first-order valence-corrected chi connectivity index (χ1v) is 14.0. The third kappa shape index (κ3) is 5.51. The Labute approximate surface area is 205 Å². The van der Waals surface area contributed by atoms with Crippen LogP contribution in [0.15, 0.2) is 76.5 Å². The fraction of sp³-hybridized carbons (Fsp3) is 0.346. The van der Waals surface area contributed by atoms with Gasteiger partial charge in [-0.05, 0) is 61.7 Å². The number of hydrogen-bond acceptors (Lipinski definition) is 5. The summed E-state index contributed by atoms with van der Waals surface area (Å²) in [4.78, 5) is 6.01. The maximum Gasteiger partial charge on any atom is 0.243 e. The first-order chi connectivity index (χ1) is 16.5. The molecule has 2 heterocycles. The van der Waals surface area contributed by atoms with Crippen molar-refractivity contribution < 1.29 is 13.2 Å². The molecular weight excluding hydrogens is 466 g/mol. The van der Waals surface area contributed by atoms with Gasteiger partial charge in [0.2, 0.25) is 10.0 Å². The number of allylic oxidation sites excluding steroid dienone is 1. The standard InChI is InChI=1S/C26H31N3O3S2/c1-3-17-29-25(20-33-26(29)27-22-11-13-23(14-12-22)32-4-2)21-9-15-24(16-10-21)34(30,31)28-18-7-5-6-8-19-28/h3,9-16,20H,1,4-8,17-19H2,2H3. The van der Waals surface area contributed by atoms with Gasteiger partial charge in [-0.3, -0.25) is 0 Å². The van der Waals surface area contributed by atoms with E-state index in [1.165, 1.54) is 0 Å². The summed E-state index contributed by atoms with van der Waals surface area (Å²) in [6, 6.07) is 14.9. The normalized spacial score (nSPS) is 15.7. The lowest BCUT2D eigenvalue weighted by molar-refractivity contribution is 0.340. The van der Waals surface area contributed by atoms with Crippen LogP contribution in [0.3, 0.4) is 0 Å². The molecule has 0 bridgehead atoms. The van der Waals surface area contributed by atoms with Crippen molar-refractivity contribution in [2.45, 2.75) is 44.0 Å². The van der Waals surface area contributed by atoms with E-state index in [0.29, 0.717) is 31.1 Å². The van der Waals surface area contributed by atoms with Crippen LogP contribution in [0.25, 0.3) is 11.3 Å². The summed E-state index contributed by atoms with van der Waals surface area (Å²) in [7, 11) is -3.46. The third-order valence-electron chi connectivity index (χ3n) is 5.83. The van der Waals surface area contributed by atoms with E-state index in [0.717, 1.165) is 53.2 Å². The first-order valence-electron chi connectivity index (χ1n) is 11.7. The minimum atomic E-state index is -3.46. The molecule has 6 nitrogen and oxygen atoms in total. The van der Waals surface area contributed by atoms with E-state index in [9.17, 15) is 8.42 Å². The number of benzene rings is 2. The van der Waals surface area contributed by atoms with Gasteiger partial charge in [-0.1, -0.05) is 31.1 Å². The predicted molar refractivity (Wildman–Crippen MR) is 138 cm³/mol. The van der Waals surface area contributed by atoms with Crippen molar-refractivity contribution in [1.29, 1.82) is 0 Å². The molecule has 0 radical (unpaired) electrons. The summed E-state index contributed by atoms with van der Waals surface area (Å²) in [5.74, 6) is 0.822. The van der Waals surface area contributed by atoms with E-state index in [1.807, 2.05) is 49.4 Å². The molecule has 0 amide bonds. The lowest BCUT2D eigenvalue weighted by Gasteiger charge is -2.20. The molecule has 1 saturated heterocycles. The molecule has 0 aliphatic carbocycles. The van der Waals surface area contributed by atoms with Crippen molar-refractivity contribution >= 4 is 27.0 Å². The second kappa shape index (κ2) is 11.2. The van der Waals surface area contributed by atoms with Gasteiger partial charge in [-0.2, -0.15) is 4.31 Å². The van der Waals surface area contributed by atoms with Crippen LogP contribution in [0.1, 0.15) is 32.6 Å². The van der Waals surface area contributed by atoms with Crippen molar-refractivity contribution in [2.24, 2.45) is 4.99 Å². The highest BCUT2D eigenvalue weighted by Gasteiger charge is 2.25. The molecule has 4 rings (SSSR count). The SMILES string of the molecule is C=CCn1c(-c2ccc(S(=O)(=O)N3CCCCCC3)cc2)csc1=Nc1ccc(OCC)cc1. The van der Waals surface area contributed by atoms with Gasteiger partial charge in [0.25, 0.3) is 0 Å². The molecule has 0 N–H and O–H groups in total. The maximum atomic E-state index is 13.1. The number of hydrogen-bond donors (Lipinski definition) is 0. The molecular formula is C26H31N3O3S2. The monoisotopic (exact) mass is 497 g/mol. The Morgan fingerprint density at radius 3 is 2.32 bits per heavy atom. The van der Waals surface area contributed by atoms with Gasteiger partial charge in [0.1, 0.15) is 5.75 Å². The lowest BCUT2D eigenvalue weighted by Crippen LogP contribution is -2.31. The van der Waals surface area contributed by atoms with Crippen molar-refractivity contribution in [2.75, 3.05) is 19.7 Å². The second-order valence-electron chi connectivity index (χ2n) is 8.18. The van der Waals surface area contributed by atoms with Crippen molar-refractivity contribution in [3.8, 4) is 17.0 Å². The van der Waals surface area contributed by atoms with Crippen molar-refractivity contribution in [1.82, 2.24) is 8.87 Å². The van der Waals surface area contributed by atoms with Gasteiger partial charge in [0.15, 0.2) is 4.80 Å². The van der Waals surface area contributed by atoms with Crippen LogP contribution in [0, 0.1) is 0 Å². The van der Waals surface area contributed by atoms with E-state index in [2.05, 4.69) is 16.5 Å². The summed E-state index contributed by atoms with van der Waals surface area (Å²) >= 11 is 1.55. The fourth-order valence-electron chi connectivity index (χ4n) is 4.08. The number of rotatable bonds is 8. The summed E-state index contributed by atoms with van der Waals surface area (Å²) in [6.07, 6.45) is 5.88. The molecule has 2 aromatic carbocycles. The third-order valence-corrected chi connectivity index (χ3v) is 8.61. The fourth-order valence-corrected chi connectivity index (χ4v) is 6.53. The molecule has 34 heavy (non-hydrogen) atoms. The number of nitrogens with zero attached hydrogens (tertiary/aromatic N) is 3. The number of aromatic nitrogens is 1. The quantitative estimate of drug-likeness (QED) is 0.381. The molecule has 0 atom stereocenters. The van der Waals surface area contributed by atoms with Gasteiger partial charge in [0.05, 0.1) is 22.9 Å². The zero-order valence-corrected chi connectivity index (χ0v) is 21.2. The molecule has 180 valence electrons. The molecule has 8 heteroatoms. The zero-order chi connectivity index (χ0) is 24.0. The zero-order valence-electron chi connectivity index (χ0n) is 19.5. The summed E-state index contributed by atoms with van der Waals surface area (Å²) in [5, 5.41) is 2.05. The Morgan fingerprint density at radius 2 is 1.71 bits per heavy atom. The van der Waals surface area contributed by atoms with Gasteiger partial charge in [-0.25, -0.2) is 13.4 Å². The highest BCUT2D eigenvalue weighted by Crippen LogP contribution is 2.26. The van der Waals surface area contributed by atoms with E-state index in [1.54, 1.807) is 27.8 Å². The van der Waals surface area contributed by atoms with E-state index in [-0.39, 0.29) is 0 Å². The topological polar surface area (TPSA) is 63.9 Å². The number of sulfonamides is 1. The molecule has 1 fully saturated rings. The Hall–Kier alpha value is -2.68. The average molecular weight is 498 g/mol. The minimum Gasteiger partial charge on any atom is -0.494 e. The molecule has 1 aromatic heterocycles. The maximum absolute atomic E-state index is 13.1. The van der Waals surface area contributed by atoms with Crippen LogP contribution in [0.4, 0.5) is 5.69 Å². The van der Waals surface area contributed by atoms with Crippen LogP contribution in [0.2, 0.25) is 0 Å². The summed E-state index contributed by atoms with van der Waals surface area (Å²) in [5.41, 5.74) is 2.77. The Morgan fingerprint density at radius 1 is 1.03 bits per heavy atom. The van der Waals surface area contributed by atoms with Gasteiger partial charge < -0.3 is 9.30 Å². The molecule has 0 saturated carbocycles. The van der Waals surface area contributed by atoms with Crippen LogP contribution in [-0.4, -0.2) is 37.0 Å². The molecule has 0 spiro atoms. The lowest BCUT2D eigenvalue weighted by atomic mass is 10.2. The number of thiazole rings is 1. The van der Waals surface area contributed by atoms with E-state index >= 15 is 0 Å². The van der Waals surface area contributed by atoms with Crippen LogP contribution < -0.4 is 9.54 Å². The highest BCUT2D eigenvalue weighted by atomic mass is 32.2. The van der Waals surface area contributed by atoms with Crippen LogP contribution >= 0.6 is 11.3 Å². The van der Waals surface area contributed by atoms with E-state index < -0.39 is 10.0 Å². The first kappa shape index (κ1) is 24.4. The smallest absolute Gasteiger partial charge is 0.243 e. The Balaban J connectivity index is 1.63. The average Bonchev–Trinajstić information content (AvgIpc) is 3.04. The van der Waals surface area contributed by atoms with Crippen molar-refractivity contribution in [3.05, 3.63) is 71.4 Å². The predicted octanol–water partition coefficient (Wildman–Crippen LogP) is 5.60. The van der Waals surface area contributed by atoms with Gasteiger partial charge >= 0.3 is 0 Å². The Bertz CT molecular complexity index is 1270. The van der Waals surface area contributed by atoms with E-state index in [4.69, 9.17) is 9.73 Å². The van der Waals surface area contributed by atoms with Gasteiger partial charge in [-0.15, -0.1) is 17.9 Å². The largest absolute Gasteiger partial charge is 0.494 e. The molecule has 0 unspecified atom stereocenters. The second-order valence-corrected chi connectivity index (χ2v) is 11.0. The minimum absolute atomic E-state index is 0.350. The molecule has 3 aromatic rings. The molecule has 1 aliphatic rings. The van der Waals surface area contributed by atoms with Crippen LogP contribution in [0.5, 0.6) is 5.75 Å². The Kier molecular flexibility index (Phi) is 8.03. The summed E-state index contributed by atoms with van der Waals surface area (Å²) < 4.78 is 35.5. The highest BCUT2D eigenvalue weighted by molar-refractivity contribution is 7.89. The van der Waals surface area contributed by atoms with Gasteiger partial charge in [0, 0.05) is 25.0 Å². The van der Waals surface area contributed by atoms with Crippen molar-refractivity contribution in [3.63, 3.8) is 0 Å². The number of ether oxygens (including phenoxy) is 1. The summed E-state index contributed by atoms with van der Waals surface area (Å²) in [6.45, 7) is 8.29. The van der Waals surface area contributed by atoms with Crippen LogP contribution in [-0.2, 0) is 16.6 Å².